The van der Waals surface area contributed by atoms with Gasteiger partial charge in [-0.2, -0.15) is 13.8 Å². The lowest BCUT2D eigenvalue weighted by Crippen LogP contribution is -2.00. The van der Waals surface area contributed by atoms with Gasteiger partial charge in [-0.3, -0.25) is 0 Å². The van der Waals surface area contributed by atoms with Gasteiger partial charge < -0.3 is 10.1 Å². The van der Waals surface area contributed by atoms with Crippen molar-refractivity contribution in [2.45, 2.75) is 10.7 Å². The van der Waals surface area contributed by atoms with E-state index in [0.29, 0.717) is 32.7 Å². The lowest BCUT2D eigenvalue weighted by Gasteiger charge is -2.11. The number of thioether (sulfide) groups is 1. The average molecular weight is 362 g/mol. The zero-order valence-electron chi connectivity index (χ0n) is 10.3. The first-order valence-corrected chi connectivity index (χ1v) is 7.15. The number of rotatable bonds is 5. The van der Waals surface area contributed by atoms with Crippen molar-refractivity contribution in [1.29, 1.82) is 0 Å². The second-order valence-corrected chi connectivity index (χ2v) is 5.44. The highest BCUT2D eigenvalue weighted by atomic mass is 79.9. The van der Waals surface area contributed by atoms with Crippen molar-refractivity contribution in [2.24, 2.45) is 0 Å². The number of para-hydroxylation sites is 1. The molecule has 0 saturated heterocycles. The summed E-state index contributed by atoms with van der Waals surface area (Å²) >= 11 is 3.71. The Labute approximate surface area is 127 Å². The number of methoxy groups -OCH3 is 1. The Morgan fingerprint density at radius 1 is 1.35 bits per heavy atom. The van der Waals surface area contributed by atoms with Crippen molar-refractivity contribution in [3.63, 3.8) is 0 Å². The summed E-state index contributed by atoms with van der Waals surface area (Å²) in [5.41, 5.74) is 0.516. The molecule has 0 aliphatic rings. The van der Waals surface area contributed by atoms with E-state index in [1.807, 2.05) is 0 Å². The number of anilines is 2. The van der Waals surface area contributed by atoms with Crippen LogP contribution in [-0.2, 0) is 0 Å². The molecule has 0 bridgehead atoms. The molecule has 0 radical (unpaired) electrons. The molecule has 106 valence electrons. The van der Waals surface area contributed by atoms with E-state index in [1.54, 1.807) is 24.3 Å². The van der Waals surface area contributed by atoms with Crippen LogP contribution in [0.1, 0.15) is 0 Å². The highest BCUT2D eigenvalue weighted by Crippen LogP contribution is 2.33. The third kappa shape index (κ3) is 3.80. The first-order chi connectivity index (χ1) is 9.60. The van der Waals surface area contributed by atoms with Gasteiger partial charge in [0.25, 0.3) is 5.76 Å². The Morgan fingerprint density at radius 2 is 2.10 bits per heavy atom. The van der Waals surface area contributed by atoms with Gasteiger partial charge in [-0.15, -0.1) is 0 Å². The summed E-state index contributed by atoms with van der Waals surface area (Å²) in [4.78, 5) is 8.60. The highest BCUT2D eigenvalue weighted by molar-refractivity contribution is 9.10. The Balaban J connectivity index is 2.25. The molecule has 1 N–H and O–H groups in total. The average Bonchev–Trinajstić information content (AvgIpc) is 2.42. The van der Waals surface area contributed by atoms with E-state index >= 15 is 0 Å². The van der Waals surface area contributed by atoms with Crippen LogP contribution in [0.5, 0.6) is 5.88 Å². The summed E-state index contributed by atoms with van der Waals surface area (Å²) in [6.45, 7) is 0. The first-order valence-electron chi connectivity index (χ1n) is 5.47. The third-order valence-corrected chi connectivity index (χ3v) is 3.59. The van der Waals surface area contributed by atoms with Gasteiger partial charge in [0.15, 0.2) is 0 Å². The van der Waals surface area contributed by atoms with Gasteiger partial charge in [0, 0.05) is 4.90 Å². The number of halogens is 3. The molecule has 1 aromatic carbocycles. The number of hydrogen-bond donors (Lipinski definition) is 1. The van der Waals surface area contributed by atoms with E-state index < -0.39 is 5.76 Å². The van der Waals surface area contributed by atoms with E-state index in [1.165, 1.54) is 13.3 Å². The third-order valence-electron chi connectivity index (χ3n) is 2.25. The van der Waals surface area contributed by atoms with Gasteiger partial charge in [-0.1, -0.05) is 23.9 Å². The summed E-state index contributed by atoms with van der Waals surface area (Å²) in [5, 5.41) is 2.90. The second kappa shape index (κ2) is 6.85. The summed E-state index contributed by atoms with van der Waals surface area (Å²) in [6, 6.07) is 6.73. The molecular weight excluding hydrogens is 352 g/mol. The molecule has 0 amide bonds. The quantitative estimate of drug-likeness (QED) is 0.804. The van der Waals surface area contributed by atoms with Gasteiger partial charge in [0.2, 0.25) is 11.8 Å². The Morgan fingerprint density at radius 3 is 2.80 bits per heavy atom. The SMILES string of the molecule is COc1nc(Nc2ccccc2SC(F)F)ncc1Br. The van der Waals surface area contributed by atoms with Crippen LogP contribution in [-0.4, -0.2) is 22.8 Å². The van der Waals surface area contributed by atoms with Crippen LogP contribution in [0.25, 0.3) is 0 Å². The largest absolute Gasteiger partial charge is 0.480 e. The number of nitrogens with zero attached hydrogens (tertiary/aromatic N) is 2. The maximum Gasteiger partial charge on any atom is 0.288 e. The molecule has 1 aromatic heterocycles. The van der Waals surface area contributed by atoms with Gasteiger partial charge in [0.05, 0.1) is 23.5 Å². The van der Waals surface area contributed by atoms with Gasteiger partial charge in [0.1, 0.15) is 0 Å². The molecule has 0 aliphatic heterocycles. The normalized spacial score (nSPS) is 10.7. The van der Waals surface area contributed by atoms with E-state index in [0.717, 1.165) is 0 Å². The smallest absolute Gasteiger partial charge is 0.288 e. The van der Waals surface area contributed by atoms with Crippen LogP contribution in [0, 0.1) is 0 Å². The monoisotopic (exact) mass is 361 g/mol. The zero-order valence-corrected chi connectivity index (χ0v) is 12.7. The maximum atomic E-state index is 12.5. The minimum atomic E-state index is -2.49. The fourth-order valence-electron chi connectivity index (χ4n) is 1.44. The molecule has 0 aliphatic carbocycles. The topological polar surface area (TPSA) is 47.0 Å². The van der Waals surface area contributed by atoms with E-state index in [2.05, 4.69) is 31.2 Å². The number of aromatic nitrogens is 2. The van der Waals surface area contributed by atoms with Crippen LogP contribution >= 0.6 is 27.7 Å². The number of nitrogens with one attached hydrogen (secondary N) is 1. The summed E-state index contributed by atoms with van der Waals surface area (Å²) in [5.74, 6) is -1.85. The molecular formula is C12H10BrF2N3OS. The molecule has 20 heavy (non-hydrogen) atoms. The molecule has 1 heterocycles. The Hall–Kier alpha value is -1.41. The van der Waals surface area contributed by atoms with Crippen LogP contribution < -0.4 is 10.1 Å². The Kier molecular flexibility index (Phi) is 5.13. The predicted octanol–water partition coefficient (Wildman–Crippen LogP) is 4.31. The minimum Gasteiger partial charge on any atom is -0.480 e. The molecule has 8 heteroatoms. The van der Waals surface area contributed by atoms with Crippen LogP contribution in [0.2, 0.25) is 0 Å². The number of ether oxygens (including phenoxy) is 1. The fraction of sp³-hybridized carbons (Fsp3) is 0.167. The molecule has 0 spiro atoms. The van der Waals surface area contributed by atoms with Gasteiger partial charge >= 0.3 is 0 Å². The number of hydrogen-bond acceptors (Lipinski definition) is 5. The van der Waals surface area contributed by atoms with Crippen molar-refractivity contribution in [3.8, 4) is 5.88 Å². The molecule has 4 nitrogen and oxygen atoms in total. The standard InChI is InChI=1S/C12H10BrF2N3OS/c1-19-10-7(13)6-16-12(18-10)17-8-4-2-3-5-9(8)20-11(14)15/h2-6,11H,1H3,(H,16,17,18). The molecule has 0 fully saturated rings. The van der Waals surface area contributed by atoms with Crippen LogP contribution in [0.15, 0.2) is 39.8 Å². The van der Waals surface area contributed by atoms with Crippen molar-refractivity contribution in [3.05, 3.63) is 34.9 Å². The van der Waals surface area contributed by atoms with Crippen molar-refractivity contribution >= 4 is 39.3 Å². The molecule has 2 rings (SSSR count). The Bertz CT molecular complexity index is 601. The maximum absolute atomic E-state index is 12.5. The van der Waals surface area contributed by atoms with Crippen LogP contribution in [0.4, 0.5) is 20.4 Å². The van der Waals surface area contributed by atoms with Crippen molar-refractivity contribution in [1.82, 2.24) is 9.97 Å². The first kappa shape index (κ1) is 15.0. The summed E-state index contributed by atoms with van der Waals surface area (Å²) < 4.78 is 30.6. The lowest BCUT2D eigenvalue weighted by molar-refractivity contribution is 0.252. The molecule has 0 atom stereocenters. The van der Waals surface area contributed by atoms with Crippen LogP contribution in [0.3, 0.4) is 0 Å². The van der Waals surface area contributed by atoms with Gasteiger partial charge in [-0.25, -0.2) is 4.98 Å². The van der Waals surface area contributed by atoms with E-state index in [-0.39, 0.29) is 5.95 Å². The molecule has 2 aromatic rings. The summed E-state index contributed by atoms with van der Waals surface area (Å²) in [7, 11) is 1.48. The molecule has 0 unspecified atom stereocenters. The van der Waals surface area contributed by atoms with E-state index in [4.69, 9.17) is 4.74 Å². The fourth-order valence-corrected chi connectivity index (χ4v) is 2.39. The van der Waals surface area contributed by atoms with E-state index in [9.17, 15) is 8.78 Å². The van der Waals surface area contributed by atoms with Crippen molar-refractivity contribution < 1.29 is 13.5 Å². The highest BCUT2D eigenvalue weighted by Gasteiger charge is 2.11. The number of benzene rings is 1. The minimum absolute atomic E-state index is 0.271. The second-order valence-electron chi connectivity index (χ2n) is 3.55. The predicted molar refractivity (Wildman–Crippen MR) is 77.9 cm³/mol. The molecule has 0 saturated carbocycles. The lowest BCUT2D eigenvalue weighted by atomic mass is 10.3. The number of alkyl halides is 2. The summed E-state index contributed by atoms with van der Waals surface area (Å²) in [6.07, 6.45) is 1.52. The van der Waals surface area contributed by atoms with Gasteiger partial charge in [-0.05, 0) is 28.1 Å². The zero-order chi connectivity index (χ0) is 14.5. The van der Waals surface area contributed by atoms with Crippen molar-refractivity contribution in [2.75, 3.05) is 12.4 Å².